The molecule has 0 heterocycles. The van der Waals surface area contributed by atoms with E-state index >= 15 is 0 Å². The molecule has 6 nitrogen and oxygen atoms in total. The summed E-state index contributed by atoms with van der Waals surface area (Å²) in [5.74, 6) is -0.604. The molecule has 1 N–H and O–H groups in total. The summed E-state index contributed by atoms with van der Waals surface area (Å²) in [7, 11) is 4.34. The van der Waals surface area contributed by atoms with Crippen LogP contribution in [0.4, 0.5) is 0 Å². The number of ether oxygens (including phenoxy) is 3. The number of hydrogen-bond donors (Lipinski definition) is 1. The molecule has 120 valence electrons. The molecule has 0 atom stereocenters. The van der Waals surface area contributed by atoms with Crippen LogP contribution in [0.2, 0.25) is 0 Å². The van der Waals surface area contributed by atoms with Crippen molar-refractivity contribution >= 4 is 11.8 Å². The van der Waals surface area contributed by atoms with Crippen LogP contribution in [0.25, 0.3) is 0 Å². The Bertz CT molecular complexity index is 725. The maximum atomic E-state index is 12.7. The maximum absolute atomic E-state index is 12.7. The highest BCUT2D eigenvalue weighted by molar-refractivity contribution is 6.14. The highest BCUT2D eigenvalue weighted by Crippen LogP contribution is 2.38. The van der Waals surface area contributed by atoms with Crippen molar-refractivity contribution in [1.82, 2.24) is 0 Å². The summed E-state index contributed by atoms with van der Waals surface area (Å²) in [6, 6.07) is 9.00. The van der Waals surface area contributed by atoms with Gasteiger partial charge in [-0.15, -0.1) is 0 Å². The molecule has 0 saturated heterocycles. The van der Waals surface area contributed by atoms with Gasteiger partial charge in [-0.1, -0.05) is 18.2 Å². The van der Waals surface area contributed by atoms with Crippen LogP contribution in [0.1, 0.15) is 26.3 Å². The predicted molar refractivity (Wildman–Crippen MR) is 82.9 cm³/mol. The van der Waals surface area contributed by atoms with Crippen molar-refractivity contribution in [2.45, 2.75) is 0 Å². The van der Waals surface area contributed by atoms with Crippen LogP contribution in [0, 0.1) is 0 Å². The van der Waals surface area contributed by atoms with E-state index in [1.54, 1.807) is 12.1 Å². The van der Waals surface area contributed by atoms with Crippen LogP contribution in [-0.2, 0) is 0 Å². The topological polar surface area (TPSA) is 82.1 Å². The van der Waals surface area contributed by atoms with Crippen LogP contribution in [0.5, 0.6) is 17.2 Å². The number of rotatable bonds is 6. The summed E-state index contributed by atoms with van der Waals surface area (Å²) in [5.41, 5.74) is 0.272. The molecule has 0 spiro atoms. The van der Waals surface area contributed by atoms with Crippen molar-refractivity contribution in [2.24, 2.45) is 0 Å². The third-order valence-corrected chi connectivity index (χ3v) is 3.33. The van der Waals surface area contributed by atoms with Gasteiger partial charge in [0.15, 0.2) is 17.3 Å². The van der Waals surface area contributed by atoms with Crippen molar-refractivity contribution in [1.29, 1.82) is 0 Å². The van der Waals surface area contributed by atoms with E-state index in [9.17, 15) is 14.7 Å². The molecule has 23 heavy (non-hydrogen) atoms. The van der Waals surface area contributed by atoms with Gasteiger partial charge in [0.2, 0.25) is 5.75 Å². The van der Waals surface area contributed by atoms with E-state index in [0.717, 1.165) is 0 Å². The van der Waals surface area contributed by atoms with Gasteiger partial charge >= 0.3 is 5.97 Å². The molecule has 0 aromatic heterocycles. The first-order valence-corrected chi connectivity index (χ1v) is 6.70. The van der Waals surface area contributed by atoms with Crippen molar-refractivity contribution in [3.05, 3.63) is 53.1 Å². The minimum Gasteiger partial charge on any atom is -0.493 e. The number of carboxylic acids is 1. The lowest BCUT2D eigenvalue weighted by atomic mass is 9.98. The Hall–Kier alpha value is -3.02. The fraction of sp³-hybridized carbons (Fsp3) is 0.176. The molecule has 0 aliphatic carbocycles. The Morgan fingerprint density at radius 3 is 1.83 bits per heavy atom. The second kappa shape index (κ2) is 6.83. The quantitative estimate of drug-likeness (QED) is 0.825. The Labute approximate surface area is 133 Å². The van der Waals surface area contributed by atoms with Crippen LogP contribution in [0.3, 0.4) is 0 Å². The number of carbonyl (C=O) groups is 2. The van der Waals surface area contributed by atoms with E-state index < -0.39 is 11.8 Å². The third-order valence-electron chi connectivity index (χ3n) is 3.33. The van der Waals surface area contributed by atoms with Crippen LogP contribution in [-0.4, -0.2) is 38.2 Å². The molecule has 2 aromatic rings. The van der Waals surface area contributed by atoms with Gasteiger partial charge in [-0.3, -0.25) is 4.79 Å². The van der Waals surface area contributed by atoms with Crippen molar-refractivity contribution in [3.63, 3.8) is 0 Å². The van der Waals surface area contributed by atoms with Crippen LogP contribution in [0.15, 0.2) is 36.4 Å². The maximum Gasteiger partial charge on any atom is 0.336 e. The number of benzene rings is 2. The minimum absolute atomic E-state index is 0.0637. The smallest absolute Gasteiger partial charge is 0.336 e. The SMILES string of the molecule is COc1cc(C(=O)c2ccccc2C(=O)O)cc(OC)c1OC. The molecule has 6 heteroatoms. The number of carboxylic acid groups (broad SMARTS) is 1. The molecule has 0 saturated carbocycles. The van der Waals surface area contributed by atoms with Crippen molar-refractivity contribution in [2.75, 3.05) is 21.3 Å². The summed E-state index contributed by atoms with van der Waals surface area (Å²) >= 11 is 0. The van der Waals surface area contributed by atoms with E-state index in [0.29, 0.717) is 17.2 Å². The first-order valence-electron chi connectivity index (χ1n) is 6.70. The first-order chi connectivity index (χ1) is 11.0. The molecule has 0 aliphatic rings. The number of methoxy groups -OCH3 is 3. The fourth-order valence-electron chi connectivity index (χ4n) is 2.24. The molecule has 0 unspecified atom stereocenters. The zero-order valence-electron chi connectivity index (χ0n) is 13.0. The Morgan fingerprint density at radius 2 is 1.39 bits per heavy atom. The lowest BCUT2D eigenvalue weighted by Crippen LogP contribution is -2.10. The highest BCUT2D eigenvalue weighted by Gasteiger charge is 2.21. The fourth-order valence-corrected chi connectivity index (χ4v) is 2.24. The minimum atomic E-state index is -1.17. The van der Waals surface area contributed by atoms with Crippen molar-refractivity contribution in [3.8, 4) is 17.2 Å². The molecule has 2 aromatic carbocycles. The molecular weight excluding hydrogens is 300 g/mol. The number of hydrogen-bond acceptors (Lipinski definition) is 5. The zero-order chi connectivity index (χ0) is 17.0. The Kier molecular flexibility index (Phi) is 4.85. The number of ketones is 1. The lowest BCUT2D eigenvalue weighted by molar-refractivity contribution is 0.0693. The van der Waals surface area contributed by atoms with Gasteiger partial charge in [0, 0.05) is 11.1 Å². The van der Waals surface area contributed by atoms with Gasteiger partial charge in [0.1, 0.15) is 0 Å². The van der Waals surface area contributed by atoms with Crippen molar-refractivity contribution < 1.29 is 28.9 Å². The lowest BCUT2D eigenvalue weighted by Gasteiger charge is -2.14. The van der Waals surface area contributed by atoms with Gasteiger partial charge < -0.3 is 19.3 Å². The average molecular weight is 316 g/mol. The van der Waals surface area contributed by atoms with E-state index in [4.69, 9.17) is 14.2 Å². The summed E-state index contributed by atoms with van der Waals surface area (Å²) in [4.78, 5) is 24.0. The Balaban J connectivity index is 2.59. The second-order valence-electron chi connectivity index (χ2n) is 4.59. The van der Waals surface area contributed by atoms with E-state index in [1.165, 1.54) is 45.6 Å². The third kappa shape index (κ3) is 3.11. The molecule has 0 aliphatic heterocycles. The van der Waals surface area contributed by atoms with E-state index in [-0.39, 0.29) is 16.7 Å². The molecule has 0 amide bonds. The molecule has 2 rings (SSSR count). The van der Waals surface area contributed by atoms with Gasteiger partial charge in [-0.05, 0) is 18.2 Å². The van der Waals surface area contributed by atoms with E-state index in [2.05, 4.69) is 0 Å². The molecule has 0 bridgehead atoms. The monoisotopic (exact) mass is 316 g/mol. The normalized spacial score (nSPS) is 10.0. The summed E-state index contributed by atoms with van der Waals surface area (Å²) in [6.45, 7) is 0. The second-order valence-corrected chi connectivity index (χ2v) is 4.59. The largest absolute Gasteiger partial charge is 0.493 e. The van der Waals surface area contributed by atoms with Gasteiger partial charge in [0.25, 0.3) is 0 Å². The molecule has 0 radical (unpaired) electrons. The Morgan fingerprint density at radius 1 is 0.870 bits per heavy atom. The number of aromatic carboxylic acids is 1. The predicted octanol–water partition coefficient (Wildman–Crippen LogP) is 2.64. The van der Waals surface area contributed by atoms with E-state index in [1.807, 2.05) is 0 Å². The number of carbonyl (C=O) groups excluding carboxylic acids is 1. The summed E-state index contributed by atoms with van der Waals surface area (Å²) in [6.07, 6.45) is 0. The standard InChI is InChI=1S/C17H16O6/c1-21-13-8-10(9-14(22-2)16(13)23-3)15(18)11-6-4-5-7-12(11)17(19)20/h4-9H,1-3H3,(H,19,20). The van der Waals surface area contributed by atoms with Gasteiger partial charge in [0.05, 0.1) is 26.9 Å². The highest BCUT2D eigenvalue weighted by atomic mass is 16.5. The average Bonchev–Trinajstić information content (AvgIpc) is 2.59. The summed E-state index contributed by atoms with van der Waals surface area (Å²) < 4.78 is 15.6. The van der Waals surface area contributed by atoms with Gasteiger partial charge in [-0.25, -0.2) is 4.79 Å². The molecule has 0 fully saturated rings. The van der Waals surface area contributed by atoms with Gasteiger partial charge in [-0.2, -0.15) is 0 Å². The molecular formula is C17H16O6. The van der Waals surface area contributed by atoms with Crippen LogP contribution >= 0.6 is 0 Å². The first kappa shape index (κ1) is 16.4. The summed E-state index contributed by atoms with van der Waals surface area (Å²) in [5, 5.41) is 9.22. The zero-order valence-corrected chi connectivity index (χ0v) is 13.0. The van der Waals surface area contributed by atoms with Crippen LogP contribution < -0.4 is 14.2 Å².